The smallest absolute Gasteiger partial charge is 0.352 e. The van der Waals surface area contributed by atoms with E-state index >= 15 is 0 Å². The number of rotatable bonds is 3. The van der Waals surface area contributed by atoms with Crippen molar-refractivity contribution >= 4 is 11.7 Å². The molecule has 3 nitrogen and oxygen atoms in total. The van der Waals surface area contributed by atoms with Crippen LogP contribution in [0.4, 0.5) is 0 Å². The highest BCUT2D eigenvalue weighted by Crippen LogP contribution is 2.09. The molecule has 0 bridgehead atoms. The van der Waals surface area contributed by atoms with E-state index in [0.29, 0.717) is 12.1 Å². The first-order valence-electron chi connectivity index (χ1n) is 5.06. The van der Waals surface area contributed by atoms with Crippen molar-refractivity contribution in [3.63, 3.8) is 0 Å². The van der Waals surface area contributed by atoms with E-state index in [9.17, 15) is 4.79 Å². The minimum atomic E-state index is -0.294. The third kappa shape index (κ3) is 5.73. The molecule has 0 atom stereocenters. The molecule has 0 fully saturated rings. The first-order chi connectivity index (χ1) is 6.26. The molecule has 0 saturated carbocycles. The summed E-state index contributed by atoms with van der Waals surface area (Å²) in [6.45, 7) is 11.5. The SMILES string of the molecule is CCC(=NC(C)(C)C)C(=O)OC(C)C. The summed E-state index contributed by atoms with van der Waals surface area (Å²) in [5.74, 6) is -0.294. The van der Waals surface area contributed by atoms with Crippen molar-refractivity contribution in [1.29, 1.82) is 0 Å². The van der Waals surface area contributed by atoms with Gasteiger partial charge in [0.2, 0.25) is 0 Å². The molecule has 0 aromatic carbocycles. The second-order valence-corrected chi connectivity index (χ2v) is 4.54. The fraction of sp³-hybridized carbons (Fsp3) is 0.818. The molecule has 0 heterocycles. The minimum Gasteiger partial charge on any atom is -0.459 e. The van der Waals surface area contributed by atoms with Crippen LogP contribution in [0.15, 0.2) is 4.99 Å². The maximum atomic E-state index is 11.5. The minimum absolute atomic E-state index is 0.0841. The van der Waals surface area contributed by atoms with Crippen molar-refractivity contribution in [2.45, 2.75) is 59.6 Å². The van der Waals surface area contributed by atoms with Crippen LogP contribution in [0.2, 0.25) is 0 Å². The van der Waals surface area contributed by atoms with Crippen molar-refractivity contribution in [1.82, 2.24) is 0 Å². The number of nitrogens with zero attached hydrogens (tertiary/aromatic N) is 1. The van der Waals surface area contributed by atoms with E-state index in [4.69, 9.17) is 4.74 Å². The quantitative estimate of drug-likeness (QED) is 0.517. The van der Waals surface area contributed by atoms with E-state index < -0.39 is 0 Å². The average Bonchev–Trinajstić information content (AvgIpc) is 1.96. The Morgan fingerprint density at radius 3 is 2.14 bits per heavy atom. The van der Waals surface area contributed by atoms with Crippen LogP contribution in [-0.2, 0) is 9.53 Å². The van der Waals surface area contributed by atoms with Gasteiger partial charge >= 0.3 is 5.97 Å². The zero-order chi connectivity index (χ0) is 11.4. The van der Waals surface area contributed by atoms with Crippen LogP contribution >= 0.6 is 0 Å². The molecule has 0 spiro atoms. The van der Waals surface area contributed by atoms with E-state index in [2.05, 4.69) is 4.99 Å². The lowest BCUT2D eigenvalue weighted by atomic mass is 10.1. The third-order valence-electron chi connectivity index (χ3n) is 1.38. The van der Waals surface area contributed by atoms with Crippen LogP contribution in [0.3, 0.4) is 0 Å². The average molecular weight is 199 g/mol. The largest absolute Gasteiger partial charge is 0.459 e. The van der Waals surface area contributed by atoms with Gasteiger partial charge in [-0.2, -0.15) is 0 Å². The zero-order valence-corrected chi connectivity index (χ0v) is 10.0. The molecule has 0 aromatic heterocycles. The summed E-state index contributed by atoms with van der Waals surface area (Å²) in [5.41, 5.74) is 0.299. The van der Waals surface area contributed by atoms with Gasteiger partial charge in [0.05, 0.1) is 11.6 Å². The summed E-state index contributed by atoms with van der Waals surface area (Å²) >= 11 is 0. The summed E-state index contributed by atoms with van der Waals surface area (Å²) in [5, 5.41) is 0. The van der Waals surface area contributed by atoms with Gasteiger partial charge < -0.3 is 4.74 Å². The lowest BCUT2D eigenvalue weighted by molar-refractivity contribution is -0.139. The van der Waals surface area contributed by atoms with Gasteiger partial charge in [0.15, 0.2) is 0 Å². The van der Waals surface area contributed by atoms with Crippen LogP contribution in [0.1, 0.15) is 48.0 Å². The summed E-state index contributed by atoms with van der Waals surface area (Å²) in [6.07, 6.45) is 0.530. The lowest BCUT2D eigenvalue weighted by Crippen LogP contribution is -2.24. The van der Waals surface area contributed by atoms with Crippen molar-refractivity contribution in [3.05, 3.63) is 0 Å². The summed E-state index contributed by atoms with van der Waals surface area (Å²) in [6, 6.07) is 0. The molecule has 14 heavy (non-hydrogen) atoms. The predicted molar refractivity (Wildman–Crippen MR) is 58.7 cm³/mol. The molecule has 0 amide bonds. The van der Waals surface area contributed by atoms with Crippen molar-refractivity contribution in [3.8, 4) is 0 Å². The molecule has 0 unspecified atom stereocenters. The third-order valence-corrected chi connectivity index (χ3v) is 1.38. The van der Waals surface area contributed by atoms with Gasteiger partial charge in [-0.3, -0.25) is 4.99 Å². The van der Waals surface area contributed by atoms with Gasteiger partial charge in [-0.05, 0) is 41.0 Å². The summed E-state index contributed by atoms with van der Waals surface area (Å²) < 4.78 is 5.08. The van der Waals surface area contributed by atoms with Crippen molar-refractivity contribution < 1.29 is 9.53 Å². The lowest BCUT2D eigenvalue weighted by Gasteiger charge is -2.15. The maximum absolute atomic E-state index is 11.5. The van der Waals surface area contributed by atoms with E-state index in [1.54, 1.807) is 0 Å². The Hall–Kier alpha value is -0.860. The Kier molecular flexibility index (Phi) is 4.81. The Balaban J connectivity index is 4.57. The number of hydrogen-bond acceptors (Lipinski definition) is 3. The fourth-order valence-electron chi connectivity index (χ4n) is 0.956. The molecular weight excluding hydrogens is 178 g/mol. The van der Waals surface area contributed by atoms with E-state index in [-0.39, 0.29) is 17.6 Å². The standard InChI is InChI=1S/C11H21NO2/c1-7-9(12-11(4,5)6)10(13)14-8(2)3/h8H,7H2,1-6H3. The topological polar surface area (TPSA) is 38.7 Å². The van der Waals surface area contributed by atoms with Crippen LogP contribution in [0.25, 0.3) is 0 Å². The van der Waals surface area contributed by atoms with Crippen LogP contribution in [0, 0.1) is 0 Å². The van der Waals surface area contributed by atoms with Gasteiger partial charge in [0.1, 0.15) is 5.71 Å². The molecule has 0 radical (unpaired) electrons. The molecule has 0 N–H and O–H groups in total. The normalized spacial score (nSPS) is 13.2. The van der Waals surface area contributed by atoms with Crippen LogP contribution in [-0.4, -0.2) is 23.3 Å². The number of ether oxygens (including phenoxy) is 1. The first kappa shape index (κ1) is 13.1. The van der Waals surface area contributed by atoms with Gasteiger partial charge in [-0.1, -0.05) is 6.92 Å². The molecule has 3 heteroatoms. The van der Waals surface area contributed by atoms with Gasteiger partial charge in [-0.25, -0.2) is 4.79 Å². The number of esters is 1. The van der Waals surface area contributed by atoms with Crippen LogP contribution in [0.5, 0.6) is 0 Å². The van der Waals surface area contributed by atoms with E-state index in [1.165, 1.54) is 0 Å². The molecule has 82 valence electrons. The molecule has 0 saturated heterocycles. The van der Waals surface area contributed by atoms with E-state index in [1.807, 2.05) is 41.5 Å². The molecule has 0 rings (SSSR count). The second kappa shape index (κ2) is 5.13. The molecule has 0 aliphatic carbocycles. The van der Waals surface area contributed by atoms with Gasteiger partial charge in [0.25, 0.3) is 0 Å². The molecular formula is C11H21NO2. The number of carbonyl (C=O) groups excluding carboxylic acids is 1. The number of carbonyl (C=O) groups is 1. The monoisotopic (exact) mass is 199 g/mol. The highest BCUT2D eigenvalue weighted by Gasteiger charge is 2.16. The van der Waals surface area contributed by atoms with Gasteiger partial charge in [0, 0.05) is 0 Å². The zero-order valence-electron chi connectivity index (χ0n) is 10.0. The predicted octanol–water partition coefficient (Wildman–Crippen LogP) is 2.59. The van der Waals surface area contributed by atoms with Crippen LogP contribution < -0.4 is 0 Å². The Morgan fingerprint density at radius 2 is 1.86 bits per heavy atom. The Labute approximate surface area is 86.6 Å². The Morgan fingerprint density at radius 1 is 1.36 bits per heavy atom. The summed E-state index contributed by atoms with van der Waals surface area (Å²) in [7, 11) is 0. The fourth-order valence-corrected chi connectivity index (χ4v) is 0.956. The van der Waals surface area contributed by atoms with E-state index in [0.717, 1.165) is 0 Å². The molecule has 0 aliphatic rings. The number of hydrogen-bond donors (Lipinski definition) is 0. The van der Waals surface area contributed by atoms with Crippen molar-refractivity contribution in [2.75, 3.05) is 0 Å². The second-order valence-electron chi connectivity index (χ2n) is 4.54. The summed E-state index contributed by atoms with van der Waals surface area (Å²) in [4.78, 5) is 15.8. The number of aliphatic imine (C=N–C) groups is 1. The highest BCUT2D eigenvalue weighted by molar-refractivity contribution is 6.36. The highest BCUT2D eigenvalue weighted by atomic mass is 16.5. The Bertz CT molecular complexity index is 224. The first-order valence-corrected chi connectivity index (χ1v) is 5.06. The molecule has 0 aliphatic heterocycles. The van der Waals surface area contributed by atoms with Crippen molar-refractivity contribution in [2.24, 2.45) is 4.99 Å². The molecule has 0 aromatic rings. The van der Waals surface area contributed by atoms with Gasteiger partial charge in [-0.15, -0.1) is 0 Å². The maximum Gasteiger partial charge on any atom is 0.352 e.